The lowest BCUT2D eigenvalue weighted by Crippen LogP contribution is -2.37. The molecule has 16 heavy (non-hydrogen) atoms. The monoisotopic (exact) mass is 248 g/mol. The average Bonchev–Trinajstić information content (AvgIpc) is 2.69. The van der Waals surface area contributed by atoms with Crippen molar-refractivity contribution in [1.29, 1.82) is 0 Å². The first kappa shape index (κ1) is 13.9. The van der Waals surface area contributed by atoms with Gasteiger partial charge < -0.3 is 5.32 Å². The molecule has 1 aliphatic carbocycles. The van der Waals surface area contributed by atoms with Crippen LogP contribution in [0.3, 0.4) is 0 Å². The second kappa shape index (κ2) is 5.98. The molecule has 1 aliphatic rings. The van der Waals surface area contributed by atoms with Crippen LogP contribution in [0.2, 0.25) is 0 Å². The largest absolute Gasteiger partial charge is 0.313 e. The average molecular weight is 248 g/mol. The maximum Gasteiger partial charge on any atom is 0.214 e. The second-order valence-corrected chi connectivity index (χ2v) is 7.19. The number of nitrogens with zero attached hydrogens (tertiary/aromatic N) is 1. The van der Waals surface area contributed by atoms with Crippen LogP contribution in [0.15, 0.2) is 0 Å². The lowest BCUT2D eigenvalue weighted by atomic mass is 10.00. The summed E-state index contributed by atoms with van der Waals surface area (Å²) in [4.78, 5) is 0. The molecule has 0 spiro atoms. The predicted octanol–water partition coefficient (Wildman–Crippen LogP) is 1.05. The normalized spacial score (nSPS) is 20.5. The zero-order valence-electron chi connectivity index (χ0n) is 10.6. The SMILES string of the molecule is CC(NCCS(=O)(=O)N(C)C)C1CCCC1. The maximum atomic E-state index is 11.5. The molecule has 0 saturated heterocycles. The Kier molecular flexibility index (Phi) is 5.21. The van der Waals surface area contributed by atoms with Gasteiger partial charge in [-0.05, 0) is 25.7 Å². The van der Waals surface area contributed by atoms with E-state index < -0.39 is 10.0 Å². The second-order valence-electron chi connectivity index (χ2n) is 4.89. The van der Waals surface area contributed by atoms with Crippen LogP contribution in [0.25, 0.3) is 0 Å². The van der Waals surface area contributed by atoms with Gasteiger partial charge >= 0.3 is 0 Å². The van der Waals surface area contributed by atoms with E-state index in [4.69, 9.17) is 0 Å². The molecule has 0 amide bonds. The number of hydrogen-bond donors (Lipinski definition) is 1. The van der Waals surface area contributed by atoms with Crippen molar-refractivity contribution < 1.29 is 8.42 Å². The van der Waals surface area contributed by atoms with Gasteiger partial charge in [0, 0.05) is 26.7 Å². The number of sulfonamides is 1. The van der Waals surface area contributed by atoms with Crippen molar-refractivity contribution in [1.82, 2.24) is 9.62 Å². The predicted molar refractivity (Wildman–Crippen MR) is 66.9 cm³/mol. The molecule has 1 fully saturated rings. The summed E-state index contributed by atoms with van der Waals surface area (Å²) in [5.41, 5.74) is 0. The highest BCUT2D eigenvalue weighted by atomic mass is 32.2. The van der Waals surface area contributed by atoms with Crippen molar-refractivity contribution in [2.75, 3.05) is 26.4 Å². The fourth-order valence-corrected chi connectivity index (χ4v) is 2.96. The molecule has 1 N–H and O–H groups in total. The molecule has 1 saturated carbocycles. The van der Waals surface area contributed by atoms with Crippen molar-refractivity contribution >= 4 is 10.0 Å². The van der Waals surface area contributed by atoms with E-state index in [9.17, 15) is 8.42 Å². The number of nitrogens with one attached hydrogen (secondary N) is 1. The molecular formula is C11H24N2O2S. The van der Waals surface area contributed by atoms with Crippen LogP contribution in [0, 0.1) is 5.92 Å². The van der Waals surface area contributed by atoms with Crippen LogP contribution in [0.4, 0.5) is 0 Å². The van der Waals surface area contributed by atoms with Gasteiger partial charge in [0.25, 0.3) is 0 Å². The van der Waals surface area contributed by atoms with Gasteiger partial charge in [0.2, 0.25) is 10.0 Å². The molecule has 96 valence electrons. The van der Waals surface area contributed by atoms with E-state index in [1.165, 1.54) is 30.0 Å². The van der Waals surface area contributed by atoms with Gasteiger partial charge in [-0.2, -0.15) is 0 Å². The maximum absolute atomic E-state index is 11.5. The smallest absolute Gasteiger partial charge is 0.214 e. The van der Waals surface area contributed by atoms with Gasteiger partial charge in [-0.15, -0.1) is 0 Å². The third kappa shape index (κ3) is 4.03. The van der Waals surface area contributed by atoms with Gasteiger partial charge in [-0.3, -0.25) is 0 Å². The van der Waals surface area contributed by atoms with Crippen molar-refractivity contribution in [3.05, 3.63) is 0 Å². The van der Waals surface area contributed by atoms with E-state index in [1.54, 1.807) is 14.1 Å². The zero-order valence-corrected chi connectivity index (χ0v) is 11.4. The van der Waals surface area contributed by atoms with E-state index >= 15 is 0 Å². The van der Waals surface area contributed by atoms with Crippen LogP contribution in [-0.4, -0.2) is 45.2 Å². The first-order valence-corrected chi connectivity index (χ1v) is 7.68. The highest BCUT2D eigenvalue weighted by molar-refractivity contribution is 7.89. The van der Waals surface area contributed by atoms with E-state index in [1.807, 2.05) is 0 Å². The third-order valence-electron chi connectivity index (χ3n) is 3.49. The summed E-state index contributed by atoms with van der Waals surface area (Å²) in [5, 5.41) is 3.33. The Labute approximate surface area is 99.5 Å². The Hall–Kier alpha value is -0.130. The minimum atomic E-state index is -3.05. The highest BCUT2D eigenvalue weighted by Crippen LogP contribution is 2.27. The molecule has 0 aromatic rings. The molecule has 0 aliphatic heterocycles. The Balaban J connectivity index is 2.24. The summed E-state index contributed by atoms with van der Waals surface area (Å²) < 4.78 is 24.3. The standard InChI is InChI=1S/C11H24N2O2S/c1-10(11-6-4-5-7-11)12-8-9-16(14,15)13(2)3/h10-12H,4-9H2,1-3H3. The van der Waals surface area contributed by atoms with Crippen LogP contribution < -0.4 is 5.32 Å². The van der Waals surface area contributed by atoms with Crippen LogP contribution in [0.5, 0.6) is 0 Å². The summed E-state index contributed by atoms with van der Waals surface area (Å²) in [5.74, 6) is 0.930. The highest BCUT2D eigenvalue weighted by Gasteiger charge is 2.21. The Morgan fingerprint density at radius 1 is 1.31 bits per heavy atom. The van der Waals surface area contributed by atoms with Gasteiger partial charge in [0.15, 0.2) is 0 Å². The molecule has 0 heterocycles. The summed E-state index contributed by atoms with van der Waals surface area (Å²) in [6.45, 7) is 2.72. The van der Waals surface area contributed by atoms with Crippen LogP contribution in [-0.2, 0) is 10.0 Å². The van der Waals surface area contributed by atoms with Gasteiger partial charge in [0.05, 0.1) is 5.75 Å². The Morgan fingerprint density at radius 2 is 1.88 bits per heavy atom. The molecule has 1 unspecified atom stereocenters. The van der Waals surface area contributed by atoms with Gasteiger partial charge in [0.1, 0.15) is 0 Å². The molecule has 1 atom stereocenters. The molecule has 0 aromatic heterocycles. The molecular weight excluding hydrogens is 224 g/mol. The van der Waals surface area contributed by atoms with Crippen LogP contribution >= 0.6 is 0 Å². The molecule has 5 heteroatoms. The first-order valence-electron chi connectivity index (χ1n) is 6.07. The number of hydrogen-bond acceptors (Lipinski definition) is 3. The lowest BCUT2D eigenvalue weighted by molar-refractivity contribution is 0.388. The minimum Gasteiger partial charge on any atom is -0.313 e. The van der Waals surface area contributed by atoms with Crippen molar-refractivity contribution in [3.63, 3.8) is 0 Å². The summed E-state index contributed by atoms with van der Waals surface area (Å²) in [6, 6.07) is 0.444. The van der Waals surface area contributed by atoms with Crippen molar-refractivity contribution in [2.24, 2.45) is 5.92 Å². The molecule has 0 radical (unpaired) electrons. The van der Waals surface area contributed by atoms with E-state index in [0.29, 0.717) is 12.6 Å². The Bertz CT molecular complexity index is 295. The topological polar surface area (TPSA) is 49.4 Å². The molecule has 0 aromatic carbocycles. The quantitative estimate of drug-likeness (QED) is 0.764. The molecule has 4 nitrogen and oxygen atoms in total. The zero-order chi connectivity index (χ0) is 12.2. The van der Waals surface area contributed by atoms with Crippen LogP contribution in [0.1, 0.15) is 32.6 Å². The first-order chi connectivity index (χ1) is 7.43. The Morgan fingerprint density at radius 3 is 2.38 bits per heavy atom. The fourth-order valence-electron chi connectivity index (χ4n) is 2.22. The van der Waals surface area contributed by atoms with E-state index in [-0.39, 0.29) is 5.75 Å². The van der Waals surface area contributed by atoms with Crippen molar-refractivity contribution in [3.8, 4) is 0 Å². The van der Waals surface area contributed by atoms with Crippen molar-refractivity contribution in [2.45, 2.75) is 38.6 Å². The van der Waals surface area contributed by atoms with Gasteiger partial charge in [-0.1, -0.05) is 12.8 Å². The van der Waals surface area contributed by atoms with Gasteiger partial charge in [-0.25, -0.2) is 12.7 Å². The summed E-state index contributed by atoms with van der Waals surface area (Å²) >= 11 is 0. The fraction of sp³-hybridized carbons (Fsp3) is 1.00. The summed E-state index contributed by atoms with van der Waals surface area (Å²) in [7, 11) is 0.112. The van der Waals surface area contributed by atoms with E-state index in [0.717, 1.165) is 5.92 Å². The molecule has 1 rings (SSSR count). The molecule has 0 bridgehead atoms. The van der Waals surface area contributed by atoms with E-state index in [2.05, 4.69) is 12.2 Å². The minimum absolute atomic E-state index is 0.192. The lowest BCUT2D eigenvalue weighted by Gasteiger charge is -2.20. The summed E-state index contributed by atoms with van der Waals surface area (Å²) in [6.07, 6.45) is 5.22. The third-order valence-corrected chi connectivity index (χ3v) is 5.32. The number of rotatable bonds is 6.